The van der Waals surface area contributed by atoms with E-state index in [9.17, 15) is 14.0 Å². The van der Waals surface area contributed by atoms with Crippen molar-refractivity contribution in [2.75, 3.05) is 4.90 Å². The van der Waals surface area contributed by atoms with Crippen molar-refractivity contribution >= 4 is 17.4 Å². The van der Waals surface area contributed by atoms with E-state index in [1.165, 1.54) is 23.1 Å². The summed E-state index contributed by atoms with van der Waals surface area (Å²) < 4.78 is 15.5. The van der Waals surface area contributed by atoms with Crippen LogP contribution in [-0.2, 0) is 18.4 Å². The molecule has 3 rings (SSSR count). The number of ketones is 1. The number of halogens is 1. The molecule has 0 N–H and O–H groups in total. The maximum Gasteiger partial charge on any atom is 0.299 e. The Morgan fingerprint density at radius 3 is 2.70 bits per heavy atom. The van der Waals surface area contributed by atoms with Crippen molar-refractivity contribution < 1.29 is 14.0 Å². The number of aryl methyl sites for hydroxylation is 2. The number of benzene rings is 1. The third kappa shape index (κ3) is 1.72. The van der Waals surface area contributed by atoms with E-state index in [1.54, 1.807) is 17.8 Å². The molecule has 1 aromatic heterocycles. The van der Waals surface area contributed by atoms with Gasteiger partial charge in [0, 0.05) is 7.05 Å². The molecule has 0 fully saturated rings. The molecule has 2 heterocycles. The summed E-state index contributed by atoms with van der Waals surface area (Å²) in [6.07, 6.45) is 0. The molecule has 20 heavy (non-hydrogen) atoms. The summed E-state index contributed by atoms with van der Waals surface area (Å²) in [5, 5.41) is 4.18. The van der Waals surface area contributed by atoms with Crippen molar-refractivity contribution in [3.05, 3.63) is 47.0 Å². The molecule has 1 aromatic carbocycles. The molecule has 0 aliphatic carbocycles. The highest BCUT2D eigenvalue weighted by Crippen LogP contribution is 2.32. The molecule has 1 amide bonds. The number of carbonyl (C=O) groups is 2. The van der Waals surface area contributed by atoms with Gasteiger partial charge in [0.1, 0.15) is 5.82 Å². The molecule has 0 saturated carbocycles. The van der Waals surface area contributed by atoms with Gasteiger partial charge in [-0.05, 0) is 25.1 Å². The average molecular weight is 273 g/mol. The lowest BCUT2D eigenvalue weighted by Gasteiger charge is -2.16. The maximum absolute atomic E-state index is 13.9. The zero-order chi connectivity index (χ0) is 14.4. The first-order valence-electron chi connectivity index (χ1n) is 6.13. The fraction of sp³-hybridized carbons (Fsp3) is 0.214. The van der Waals surface area contributed by atoms with Crippen LogP contribution in [0.5, 0.6) is 0 Å². The Bertz CT molecular complexity index is 736. The van der Waals surface area contributed by atoms with E-state index in [2.05, 4.69) is 5.10 Å². The normalized spacial score (nSPS) is 14.1. The first kappa shape index (κ1) is 12.5. The minimum absolute atomic E-state index is 0.0568. The third-order valence-electron chi connectivity index (χ3n) is 3.36. The molecule has 5 nitrogen and oxygen atoms in total. The van der Waals surface area contributed by atoms with Crippen LogP contribution in [0.4, 0.5) is 10.1 Å². The Labute approximate surface area is 114 Å². The van der Waals surface area contributed by atoms with Crippen LogP contribution in [0.2, 0.25) is 0 Å². The molecule has 0 bridgehead atoms. The van der Waals surface area contributed by atoms with E-state index >= 15 is 0 Å². The van der Waals surface area contributed by atoms with Gasteiger partial charge in [-0.2, -0.15) is 5.10 Å². The Hall–Kier alpha value is -2.50. The molecular weight excluding hydrogens is 261 g/mol. The number of anilines is 1. The summed E-state index contributed by atoms with van der Waals surface area (Å²) in [4.78, 5) is 25.0. The van der Waals surface area contributed by atoms with Crippen LogP contribution in [-0.4, -0.2) is 21.5 Å². The van der Waals surface area contributed by atoms with Crippen LogP contribution >= 0.6 is 0 Å². The van der Waals surface area contributed by atoms with Gasteiger partial charge in [-0.15, -0.1) is 0 Å². The van der Waals surface area contributed by atoms with E-state index in [0.29, 0.717) is 0 Å². The molecule has 0 unspecified atom stereocenters. The van der Waals surface area contributed by atoms with Crippen molar-refractivity contribution in [3.63, 3.8) is 0 Å². The second kappa shape index (κ2) is 4.26. The van der Waals surface area contributed by atoms with Gasteiger partial charge in [-0.3, -0.25) is 19.2 Å². The highest BCUT2D eigenvalue weighted by atomic mass is 19.1. The van der Waals surface area contributed by atoms with Crippen LogP contribution < -0.4 is 4.90 Å². The van der Waals surface area contributed by atoms with E-state index in [0.717, 1.165) is 11.4 Å². The molecule has 6 heteroatoms. The summed E-state index contributed by atoms with van der Waals surface area (Å²) >= 11 is 0. The first-order valence-corrected chi connectivity index (χ1v) is 6.13. The van der Waals surface area contributed by atoms with E-state index < -0.39 is 17.5 Å². The lowest BCUT2D eigenvalue weighted by molar-refractivity contribution is -0.114. The predicted molar refractivity (Wildman–Crippen MR) is 69.9 cm³/mol. The van der Waals surface area contributed by atoms with Gasteiger partial charge >= 0.3 is 0 Å². The van der Waals surface area contributed by atoms with Gasteiger partial charge in [0.05, 0.1) is 29.2 Å². The molecule has 0 atom stereocenters. The topological polar surface area (TPSA) is 55.2 Å². The van der Waals surface area contributed by atoms with Gasteiger partial charge in [-0.25, -0.2) is 4.39 Å². The Morgan fingerprint density at radius 1 is 1.30 bits per heavy atom. The number of hydrogen-bond acceptors (Lipinski definition) is 3. The van der Waals surface area contributed by atoms with Crippen LogP contribution in [0.3, 0.4) is 0 Å². The van der Waals surface area contributed by atoms with E-state index in [-0.39, 0.29) is 17.8 Å². The molecule has 2 aromatic rings. The van der Waals surface area contributed by atoms with Crippen LogP contribution in [0.15, 0.2) is 24.3 Å². The highest BCUT2D eigenvalue weighted by Gasteiger charge is 2.38. The van der Waals surface area contributed by atoms with Crippen molar-refractivity contribution in [2.24, 2.45) is 7.05 Å². The largest absolute Gasteiger partial charge is 0.299 e. The van der Waals surface area contributed by atoms with Gasteiger partial charge < -0.3 is 0 Å². The number of hydrogen-bond donors (Lipinski definition) is 0. The second-order valence-electron chi connectivity index (χ2n) is 4.76. The van der Waals surface area contributed by atoms with Gasteiger partial charge in [0.15, 0.2) is 0 Å². The Morgan fingerprint density at radius 2 is 2.05 bits per heavy atom. The number of aromatic nitrogens is 2. The van der Waals surface area contributed by atoms with Gasteiger partial charge in [0.25, 0.3) is 11.7 Å². The number of rotatable bonds is 2. The van der Waals surface area contributed by atoms with Crippen molar-refractivity contribution in [2.45, 2.75) is 13.5 Å². The van der Waals surface area contributed by atoms with Crippen molar-refractivity contribution in [1.29, 1.82) is 0 Å². The lowest BCUT2D eigenvalue weighted by Crippen LogP contribution is -2.30. The molecule has 1 aliphatic rings. The number of para-hydroxylation sites is 1. The number of carbonyl (C=O) groups excluding carboxylic acids is 2. The molecule has 102 valence electrons. The first-order chi connectivity index (χ1) is 9.49. The van der Waals surface area contributed by atoms with E-state index in [4.69, 9.17) is 0 Å². The second-order valence-corrected chi connectivity index (χ2v) is 4.76. The van der Waals surface area contributed by atoms with Crippen LogP contribution in [0.25, 0.3) is 0 Å². The lowest BCUT2D eigenvalue weighted by atomic mass is 10.1. The monoisotopic (exact) mass is 273 g/mol. The zero-order valence-electron chi connectivity index (χ0n) is 11.1. The molecule has 0 spiro atoms. The predicted octanol–water partition coefficient (Wildman–Crippen LogP) is 1.60. The highest BCUT2D eigenvalue weighted by molar-refractivity contribution is 6.52. The van der Waals surface area contributed by atoms with Crippen LogP contribution in [0.1, 0.15) is 21.7 Å². The quantitative estimate of drug-likeness (QED) is 0.781. The van der Waals surface area contributed by atoms with Crippen molar-refractivity contribution in [1.82, 2.24) is 9.78 Å². The summed E-state index contributed by atoms with van der Waals surface area (Å²) in [5.74, 6) is -1.94. The van der Waals surface area contributed by atoms with Gasteiger partial charge in [0.2, 0.25) is 0 Å². The summed E-state index contributed by atoms with van der Waals surface area (Å²) in [6.45, 7) is 1.95. The fourth-order valence-corrected chi connectivity index (χ4v) is 2.44. The smallest absolute Gasteiger partial charge is 0.296 e. The minimum Gasteiger partial charge on any atom is -0.296 e. The number of Topliss-reactive ketones (excluding diaryl/α,β-unsaturated/α-hetero) is 1. The Kier molecular flexibility index (Phi) is 2.67. The molecule has 1 aliphatic heterocycles. The SMILES string of the molecule is Cc1cc(CN2C(=O)C(=O)c3cccc(F)c32)n(C)n1. The summed E-state index contributed by atoms with van der Waals surface area (Å²) in [7, 11) is 1.74. The maximum atomic E-state index is 13.9. The fourth-order valence-electron chi connectivity index (χ4n) is 2.44. The standard InChI is InChI=1S/C14H12FN3O2/c1-8-6-9(17(2)16-8)7-18-12-10(13(19)14(18)20)4-3-5-11(12)15/h3-6H,7H2,1-2H3. The molecule has 0 saturated heterocycles. The minimum atomic E-state index is -0.705. The average Bonchev–Trinajstić information content (AvgIpc) is 2.83. The summed E-state index contributed by atoms with van der Waals surface area (Å²) in [6, 6.07) is 5.94. The van der Waals surface area contributed by atoms with Gasteiger partial charge in [-0.1, -0.05) is 6.07 Å². The third-order valence-corrected chi connectivity index (χ3v) is 3.36. The number of fused-ring (bicyclic) bond motifs is 1. The number of nitrogens with zero attached hydrogens (tertiary/aromatic N) is 3. The summed E-state index contributed by atoms with van der Waals surface area (Å²) in [5.41, 5.74) is 1.71. The zero-order valence-corrected chi connectivity index (χ0v) is 11.1. The van der Waals surface area contributed by atoms with Crippen molar-refractivity contribution in [3.8, 4) is 0 Å². The Balaban J connectivity index is 2.05. The van der Waals surface area contributed by atoms with Crippen LogP contribution in [0, 0.1) is 12.7 Å². The van der Waals surface area contributed by atoms with E-state index in [1.807, 2.05) is 6.92 Å². The number of amides is 1. The molecule has 0 radical (unpaired) electrons. The molecular formula is C14H12FN3O2.